The number of hydrogen-bond acceptors (Lipinski definition) is 4. The summed E-state index contributed by atoms with van der Waals surface area (Å²) in [6.45, 7) is 7.10. The number of β-amino-alcohol motifs (C(OH)–C–C–N with tert-alkyl or cyclic N) is 1. The van der Waals surface area contributed by atoms with E-state index in [1.807, 2.05) is 6.92 Å². The fourth-order valence-electron chi connectivity index (χ4n) is 2.41. The van der Waals surface area contributed by atoms with Crippen molar-refractivity contribution in [2.24, 2.45) is 0 Å². The van der Waals surface area contributed by atoms with E-state index in [-0.39, 0.29) is 5.54 Å². The van der Waals surface area contributed by atoms with E-state index in [2.05, 4.69) is 12.2 Å². The Kier molecular flexibility index (Phi) is 7.82. The summed E-state index contributed by atoms with van der Waals surface area (Å²) >= 11 is 0. The second-order valence-electron chi connectivity index (χ2n) is 5.43. The molecule has 108 valence electrons. The smallest absolute Gasteiger partial charge is 0.0897 e. The van der Waals surface area contributed by atoms with Gasteiger partial charge < -0.3 is 19.9 Å². The number of hydrogen-bond donors (Lipinski definition) is 2. The Morgan fingerprint density at radius 2 is 1.83 bits per heavy atom. The number of rotatable bonds is 9. The van der Waals surface area contributed by atoms with E-state index in [1.165, 1.54) is 32.1 Å². The van der Waals surface area contributed by atoms with Gasteiger partial charge in [0.15, 0.2) is 0 Å². The average Bonchev–Trinajstić information content (AvgIpc) is 2.37. The molecule has 1 unspecified atom stereocenters. The lowest BCUT2D eigenvalue weighted by molar-refractivity contribution is 0.00350. The predicted octanol–water partition coefficient (Wildman–Crippen LogP) is 1.71. The van der Waals surface area contributed by atoms with Crippen LogP contribution in [0.2, 0.25) is 0 Å². The number of nitrogens with one attached hydrogen (secondary N) is 1. The van der Waals surface area contributed by atoms with Crippen LogP contribution in [0.3, 0.4) is 0 Å². The van der Waals surface area contributed by atoms with Crippen molar-refractivity contribution in [1.29, 1.82) is 0 Å². The molecule has 1 fully saturated rings. The van der Waals surface area contributed by atoms with Gasteiger partial charge >= 0.3 is 0 Å². The Morgan fingerprint density at radius 1 is 1.17 bits per heavy atom. The Labute approximate surface area is 111 Å². The zero-order chi connectivity index (χ0) is 13.3. The lowest BCUT2D eigenvalue weighted by atomic mass is 9.83. The third kappa shape index (κ3) is 6.69. The second kappa shape index (κ2) is 8.86. The van der Waals surface area contributed by atoms with Crippen LogP contribution >= 0.6 is 0 Å². The molecular formula is C14H29NO3. The topological polar surface area (TPSA) is 50.7 Å². The molecule has 18 heavy (non-hydrogen) atoms. The van der Waals surface area contributed by atoms with E-state index < -0.39 is 6.10 Å². The standard InChI is InChI=1S/C14H29NO3/c1-3-17-9-10-18-12-13(16)11-15-14(2)7-5-4-6-8-14/h13,15-16H,3-12H2,1-2H3. The highest BCUT2D eigenvalue weighted by molar-refractivity contribution is 4.86. The fraction of sp³-hybridized carbons (Fsp3) is 1.00. The zero-order valence-corrected chi connectivity index (χ0v) is 11.9. The largest absolute Gasteiger partial charge is 0.389 e. The summed E-state index contributed by atoms with van der Waals surface area (Å²) in [7, 11) is 0. The van der Waals surface area contributed by atoms with Gasteiger partial charge in [0.1, 0.15) is 0 Å². The normalized spacial score (nSPS) is 20.8. The van der Waals surface area contributed by atoms with Crippen molar-refractivity contribution in [1.82, 2.24) is 5.32 Å². The molecule has 4 heteroatoms. The number of aliphatic hydroxyl groups excluding tert-OH is 1. The van der Waals surface area contributed by atoms with Crippen LogP contribution in [0, 0.1) is 0 Å². The molecule has 0 spiro atoms. The number of aliphatic hydroxyl groups is 1. The Hall–Kier alpha value is -0.160. The van der Waals surface area contributed by atoms with Gasteiger partial charge in [0, 0.05) is 18.7 Å². The van der Waals surface area contributed by atoms with Crippen LogP contribution < -0.4 is 5.32 Å². The van der Waals surface area contributed by atoms with Crippen LogP contribution in [0.5, 0.6) is 0 Å². The minimum Gasteiger partial charge on any atom is -0.389 e. The summed E-state index contributed by atoms with van der Waals surface area (Å²) in [6, 6.07) is 0. The summed E-state index contributed by atoms with van der Waals surface area (Å²) in [4.78, 5) is 0. The maximum Gasteiger partial charge on any atom is 0.0897 e. The van der Waals surface area contributed by atoms with Gasteiger partial charge in [0.05, 0.1) is 25.9 Å². The van der Waals surface area contributed by atoms with Crippen LogP contribution in [-0.4, -0.2) is 49.7 Å². The van der Waals surface area contributed by atoms with E-state index in [9.17, 15) is 5.11 Å². The van der Waals surface area contributed by atoms with Crippen LogP contribution in [0.15, 0.2) is 0 Å². The van der Waals surface area contributed by atoms with Crippen LogP contribution in [0.4, 0.5) is 0 Å². The molecule has 1 saturated carbocycles. The van der Waals surface area contributed by atoms with Crippen molar-refractivity contribution in [3.8, 4) is 0 Å². The average molecular weight is 259 g/mol. The third-order valence-corrected chi connectivity index (χ3v) is 3.61. The third-order valence-electron chi connectivity index (χ3n) is 3.61. The molecule has 0 aromatic carbocycles. The van der Waals surface area contributed by atoms with Crippen molar-refractivity contribution in [2.45, 2.75) is 57.6 Å². The van der Waals surface area contributed by atoms with E-state index in [1.54, 1.807) is 0 Å². The van der Waals surface area contributed by atoms with Gasteiger partial charge in [0.2, 0.25) is 0 Å². The first-order valence-electron chi connectivity index (χ1n) is 7.25. The van der Waals surface area contributed by atoms with Crippen LogP contribution in [0.25, 0.3) is 0 Å². The molecule has 0 radical (unpaired) electrons. The lowest BCUT2D eigenvalue weighted by Crippen LogP contribution is -2.47. The minimum atomic E-state index is -0.426. The van der Waals surface area contributed by atoms with Gasteiger partial charge in [-0.15, -0.1) is 0 Å². The molecule has 4 nitrogen and oxygen atoms in total. The predicted molar refractivity (Wildman–Crippen MR) is 72.8 cm³/mol. The highest BCUT2D eigenvalue weighted by atomic mass is 16.5. The summed E-state index contributed by atoms with van der Waals surface area (Å²) < 4.78 is 10.5. The minimum absolute atomic E-state index is 0.213. The molecule has 2 N–H and O–H groups in total. The van der Waals surface area contributed by atoms with Crippen molar-refractivity contribution in [3.63, 3.8) is 0 Å². The van der Waals surface area contributed by atoms with Gasteiger partial charge in [-0.25, -0.2) is 0 Å². The SMILES string of the molecule is CCOCCOCC(O)CNC1(C)CCCCC1. The Bertz CT molecular complexity index is 205. The first kappa shape index (κ1) is 15.9. The fourth-order valence-corrected chi connectivity index (χ4v) is 2.41. The van der Waals surface area contributed by atoms with Gasteiger partial charge in [-0.1, -0.05) is 19.3 Å². The van der Waals surface area contributed by atoms with Crippen LogP contribution in [-0.2, 0) is 9.47 Å². The molecular weight excluding hydrogens is 230 g/mol. The molecule has 1 aliphatic rings. The monoisotopic (exact) mass is 259 g/mol. The molecule has 0 aromatic heterocycles. The molecule has 1 atom stereocenters. The molecule has 0 bridgehead atoms. The van der Waals surface area contributed by atoms with Crippen molar-refractivity contribution >= 4 is 0 Å². The highest BCUT2D eigenvalue weighted by Gasteiger charge is 2.26. The molecule has 0 saturated heterocycles. The molecule has 1 aliphatic carbocycles. The Morgan fingerprint density at radius 3 is 2.50 bits per heavy atom. The lowest BCUT2D eigenvalue weighted by Gasteiger charge is -2.35. The van der Waals surface area contributed by atoms with Crippen molar-refractivity contribution in [3.05, 3.63) is 0 Å². The summed E-state index contributed by atoms with van der Waals surface area (Å²) in [5.41, 5.74) is 0.213. The van der Waals surface area contributed by atoms with Gasteiger partial charge in [-0.3, -0.25) is 0 Å². The molecule has 0 aliphatic heterocycles. The van der Waals surface area contributed by atoms with Gasteiger partial charge in [-0.05, 0) is 26.7 Å². The van der Waals surface area contributed by atoms with Gasteiger partial charge in [0.25, 0.3) is 0 Å². The summed E-state index contributed by atoms with van der Waals surface area (Å²) in [5, 5.41) is 13.3. The summed E-state index contributed by atoms with van der Waals surface area (Å²) in [5.74, 6) is 0. The van der Waals surface area contributed by atoms with E-state index in [0.29, 0.717) is 33.0 Å². The van der Waals surface area contributed by atoms with Crippen LogP contribution in [0.1, 0.15) is 46.0 Å². The molecule has 1 rings (SSSR count). The molecule has 0 amide bonds. The summed E-state index contributed by atoms with van der Waals surface area (Å²) in [6.07, 6.45) is 5.94. The molecule has 0 heterocycles. The first-order valence-corrected chi connectivity index (χ1v) is 7.25. The maximum absolute atomic E-state index is 9.82. The van der Waals surface area contributed by atoms with E-state index in [4.69, 9.17) is 9.47 Å². The zero-order valence-electron chi connectivity index (χ0n) is 11.9. The first-order chi connectivity index (χ1) is 8.66. The molecule has 0 aromatic rings. The van der Waals surface area contributed by atoms with Gasteiger partial charge in [-0.2, -0.15) is 0 Å². The highest BCUT2D eigenvalue weighted by Crippen LogP contribution is 2.27. The maximum atomic E-state index is 9.82. The van der Waals surface area contributed by atoms with E-state index >= 15 is 0 Å². The quantitative estimate of drug-likeness (QED) is 0.619. The number of ether oxygens (including phenoxy) is 2. The van der Waals surface area contributed by atoms with Crippen molar-refractivity contribution < 1.29 is 14.6 Å². The second-order valence-corrected chi connectivity index (χ2v) is 5.43. The van der Waals surface area contributed by atoms with Crippen molar-refractivity contribution in [2.75, 3.05) is 33.0 Å². The van der Waals surface area contributed by atoms with E-state index in [0.717, 1.165) is 0 Å². The Balaban J connectivity index is 2.03.